The van der Waals surface area contributed by atoms with E-state index in [1.54, 1.807) is 37.3 Å². The van der Waals surface area contributed by atoms with Gasteiger partial charge in [0.2, 0.25) is 0 Å². The van der Waals surface area contributed by atoms with Crippen molar-refractivity contribution in [3.05, 3.63) is 64.9 Å². The van der Waals surface area contributed by atoms with E-state index >= 15 is 0 Å². The van der Waals surface area contributed by atoms with Crippen LogP contribution in [0.5, 0.6) is 11.5 Å². The Morgan fingerprint density at radius 2 is 1.87 bits per heavy atom. The van der Waals surface area contributed by atoms with Crippen molar-refractivity contribution >= 4 is 23.1 Å². The zero-order valence-corrected chi connectivity index (χ0v) is 18.9. The third-order valence-corrected chi connectivity index (χ3v) is 6.58. The second kappa shape index (κ2) is 8.89. The highest BCUT2D eigenvalue weighted by Crippen LogP contribution is 2.36. The molecule has 0 amide bonds. The van der Waals surface area contributed by atoms with Crippen LogP contribution in [-0.4, -0.2) is 34.0 Å². The van der Waals surface area contributed by atoms with Crippen LogP contribution in [0.25, 0.3) is 16.3 Å². The molecule has 0 aliphatic carbocycles. The van der Waals surface area contributed by atoms with Gasteiger partial charge < -0.3 is 9.47 Å². The number of nitrogens with zero attached hydrogens (tertiary/aromatic N) is 4. The predicted molar refractivity (Wildman–Crippen MR) is 121 cm³/mol. The molecule has 0 N–H and O–H groups in total. The van der Waals surface area contributed by atoms with Gasteiger partial charge in [-0.1, -0.05) is 30.0 Å². The SMILES string of the molecule is COc1ccc(-c2nc(CSc3nnc(C)n3-c3ccccc3C)cs2)c(OC)c1. The minimum Gasteiger partial charge on any atom is -0.497 e. The summed E-state index contributed by atoms with van der Waals surface area (Å²) in [5.74, 6) is 3.08. The van der Waals surface area contributed by atoms with Gasteiger partial charge >= 0.3 is 0 Å². The summed E-state index contributed by atoms with van der Waals surface area (Å²) < 4.78 is 12.9. The van der Waals surface area contributed by atoms with Crippen molar-refractivity contribution in [2.75, 3.05) is 14.2 Å². The molecule has 2 aromatic carbocycles. The highest BCUT2D eigenvalue weighted by atomic mass is 32.2. The van der Waals surface area contributed by atoms with Gasteiger partial charge in [-0.25, -0.2) is 4.98 Å². The van der Waals surface area contributed by atoms with Crippen molar-refractivity contribution in [3.8, 4) is 27.8 Å². The third-order valence-electron chi connectivity index (χ3n) is 4.69. The van der Waals surface area contributed by atoms with Gasteiger partial charge in [-0.05, 0) is 37.6 Å². The first-order valence-corrected chi connectivity index (χ1v) is 11.2. The molecule has 2 aromatic heterocycles. The average molecular weight is 439 g/mol. The number of para-hydroxylation sites is 1. The van der Waals surface area contributed by atoms with Crippen LogP contribution in [0.15, 0.2) is 53.0 Å². The molecule has 154 valence electrons. The summed E-state index contributed by atoms with van der Waals surface area (Å²) in [6.07, 6.45) is 0. The number of aryl methyl sites for hydroxylation is 2. The molecular weight excluding hydrogens is 416 g/mol. The molecule has 0 atom stereocenters. The Balaban J connectivity index is 1.55. The quantitative estimate of drug-likeness (QED) is 0.364. The minimum absolute atomic E-state index is 0.707. The summed E-state index contributed by atoms with van der Waals surface area (Å²) in [5, 5.41) is 12.5. The van der Waals surface area contributed by atoms with Crippen LogP contribution >= 0.6 is 23.1 Å². The lowest BCUT2D eigenvalue weighted by atomic mass is 10.2. The summed E-state index contributed by atoms with van der Waals surface area (Å²) >= 11 is 3.23. The summed E-state index contributed by atoms with van der Waals surface area (Å²) in [5.41, 5.74) is 4.24. The summed E-state index contributed by atoms with van der Waals surface area (Å²) in [4.78, 5) is 4.81. The molecule has 8 heteroatoms. The van der Waals surface area contributed by atoms with Crippen molar-refractivity contribution < 1.29 is 9.47 Å². The van der Waals surface area contributed by atoms with Gasteiger partial charge in [-0.3, -0.25) is 4.57 Å². The highest BCUT2D eigenvalue weighted by Gasteiger charge is 2.15. The number of ether oxygens (including phenoxy) is 2. The van der Waals surface area contributed by atoms with Crippen LogP contribution in [0, 0.1) is 13.8 Å². The summed E-state index contributed by atoms with van der Waals surface area (Å²) in [7, 11) is 3.30. The first kappa shape index (κ1) is 20.4. The minimum atomic E-state index is 0.707. The molecule has 0 saturated heterocycles. The number of hydrogen-bond acceptors (Lipinski definition) is 7. The van der Waals surface area contributed by atoms with E-state index in [1.165, 1.54) is 5.56 Å². The van der Waals surface area contributed by atoms with Crippen LogP contribution in [0.4, 0.5) is 0 Å². The van der Waals surface area contributed by atoms with Crippen LogP contribution in [0.2, 0.25) is 0 Å². The first-order chi connectivity index (χ1) is 14.6. The van der Waals surface area contributed by atoms with E-state index in [1.807, 2.05) is 37.3 Å². The zero-order valence-electron chi connectivity index (χ0n) is 17.2. The number of thioether (sulfide) groups is 1. The van der Waals surface area contributed by atoms with Gasteiger partial charge in [-0.15, -0.1) is 21.5 Å². The number of thiazole rings is 1. The molecule has 0 fully saturated rings. The molecule has 0 bridgehead atoms. The lowest BCUT2D eigenvalue weighted by Gasteiger charge is -2.10. The fourth-order valence-electron chi connectivity index (χ4n) is 3.14. The van der Waals surface area contributed by atoms with Gasteiger partial charge in [0.25, 0.3) is 0 Å². The molecule has 2 heterocycles. The van der Waals surface area contributed by atoms with Crippen LogP contribution in [0.3, 0.4) is 0 Å². The van der Waals surface area contributed by atoms with E-state index in [4.69, 9.17) is 14.5 Å². The van der Waals surface area contributed by atoms with E-state index in [0.29, 0.717) is 5.75 Å². The molecule has 0 aliphatic heterocycles. The second-order valence-electron chi connectivity index (χ2n) is 6.65. The van der Waals surface area contributed by atoms with E-state index in [9.17, 15) is 0 Å². The zero-order chi connectivity index (χ0) is 21.1. The van der Waals surface area contributed by atoms with Crippen LogP contribution < -0.4 is 9.47 Å². The van der Waals surface area contributed by atoms with Gasteiger partial charge in [-0.2, -0.15) is 0 Å². The Hall–Kier alpha value is -2.84. The molecule has 0 unspecified atom stereocenters. The largest absolute Gasteiger partial charge is 0.497 e. The van der Waals surface area contributed by atoms with Crippen molar-refractivity contribution in [3.63, 3.8) is 0 Å². The maximum Gasteiger partial charge on any atom is 0.196 e. The monoisotopic (exact) mass is 438 g/mol. The molecule has 0 radical (unpaired) electrons. The summed E-state index contributed by atoms with van der Waals surface area (Å²) in [6, 6.07) is 14.0. The number of rotatable bonds is 7. The Morgan fingerprint density at radius 3 is 2.63 bits per heavy atom. The standard InChI is InChI=1S/C22H22N4O2S2/c1-14-7-5-6-8-19(14)26-15(2)24-25-22(26)30-13-16-12-29-21(23-16)18-10-9-17(27-3)11-20(18)28-4/h5-12H,13H2,1-4H3. The van der Waals surface area contributed by atoms with Gasteiger partial charge in [0.15, 0.2) is 5.16 Å². The fraction of sp³-hybridized carbons (Fsp3) is 0.227. The summed E-state index contributed by atoms with van der Waals surface area (Å²) in [6.45, 7) is 4.07. The van der Waals surface area contributed by atoms with Crippen molar-refractivity contribution in [1.82, 2.24) is 19.7 Å². The topological polar surface area (TPSA) is 62.1 Å². The van der Waals surface area contributed by atoms with Crippen molar-refractivity contribution in [1.29, 1.82) is 0 Å². The predicted octanol–water partition coefficient (Wildman–Crippen LogP) is 5.32. The molecule has 0 aliphatic rings. The van der Waals surface area contributed by atoms with E-state index < -0.39 is 0 Å². The number of aromatic nitrogens is 4. The molecule has 0 saturated carbocycles. The van der Waals surface area contributed by atoms with Gasteiger partial charge in [0, 0.05) is 17.2 Å². The molecule has 0 spiro atoms. The molecule has 6 nitrogen and oxygen atoms in total. The van der Waals surface area contributed by atoms with Crippen molar-refractivity contribution in [2.24, 2.45) is 0 Å². The van der Waals surface area contributed by atoms with E-state index in [2.05, 4.69) is 39.2 Å². The number of methoxy groups -OCH3 is 2. The Bertz CT molecular complexity index is 1170. The smallest absolute Gasteiger partial charge is 0.196 e. The van der Waals surface area contributed by atoms with Gasteiger partial charge in [0.1, 0.15) is 22.3 Å². The number of hydrogen-bond donors (Lipinski definition) is 0. The Morgan fingerprint density at radius 1 is 1.03 bits per heavy atom. The van der Waals surface area contributed by atoms with E-state index in [-0.39, 0.29) is 0 Å². The normalized spacial score (nSPS) is 10.9. The van der Waals surface area contributed by atoms with E-state index in [0.717, 1.165) is 44.4 Å². The van der Waals surface area contributed by atoms with Gasteiger partial charge in [0.05, 0.1) is 31.2 Å². The highest BCUT2D eigenvalue weighted by molar-refractivity contribution is 7.98. The molecule has 30 heavy (non-hydrogen) atoms. The molecular formula is C22H22N4O2S2. The fourth-order valence-corrected chi connectivity index (χ4v) is 4.98. The van der Waals surface area contributed by atoms with Crippen molar-refractivity contribution in [2.45, 2.75) is 24.8 Å². The third kappa shape index (κ3) is 4.06. The Labute approximate surface area is 183 Å². The first-order valence-electron chi connectivity index (χ1n) is 9.38. The molecule has 4 aromatic rings. The average Bonchev–Trinajstić information content (AvgIpc) is 3.38. The molecule has 4 rings (SSSR count). The number of benzene rings is 2. The van der Waals surface area contributed by atoms with Crippen LogP contribution in [-0.2, 0) is 5.75 Å². The maximum atomic E-state index is 5.52. The lowest BCUT2D eigenvalue weighted by Crippen LogP contribution is -2.01. The lowest BCUT2D eigenvalue weighted by molar-refractivity contribution is 0.395. The Kier molecular flexibility index (Phi) is 6.06. The maximum absolute atomic E-state index is 5.52. The second-order valence-corrected chi connectivity index (χ2v) is 8.45. The van der Waals surface area contributed by atoms with Crippen LogP contribution in [0.1, 0.15) is 17.1 Å².